The Balaban J connectivity index is 1.50. The van der Waals surface area contributed by atoms with Gasteiger partial charge in [-0.3, -0.25) is 9.59 Å². The molecule has 1 unspecified atom stereocenters. The summed E-state index contributed by atoms with van der Waals surface area (Å²) in [4.78, 5) is 33.4. The maximum atomic E-state index is 12.8. The molecular weight excluding hydrogens is 344 g/mol. The van der Waals surface area contributed by atoms with E-state index >= 15 is 0 Å². The van der Waals surface area contributed by atoms with Crippen molar-refractivity contribution in [3.8, 4) is 5.75 Å². The van der Waals surface area contributed by atoms with Gasteiger partial charge in [-0.05, 0) is 25.1 Å². The average Bonchev–Trinajstić information content (AvgIpc) is 3.31. The van der Waals surface area contributed by atoms with Gasteiger partial charge in [0.15, 0.2) is 0 Å². The zero-order chi connectivity index (χ0) is 19.0. The first-order valence-corrected chi connectivity index (χ1v) is 9.11. The minimum atomic E-state index is -0.203. The van der Waals surface area contributed by atoms with Crippen LogP contribution in [-0.2, 0) is 17.8 Å². The minimum absolute atomic E-state index is 0.0655. The van der Waals surface area contributed by atoms with Crippen molar-refractivity contribution >= 4 is 11.8 Å². The van der Waals surface area contributed by atoms with Crippen molar-refractivity contribution < 1.29 is 14.7 Å². The van der Waals surface area contributed by atoms with E-state index in [-0.39, 0.29) is 30.0 Å². The first-order chi connectivity index (χ1) is 13.0. The van der Waals surface area contributed by atoms with Gasteiger partial charge in [-0.25, -0.2) is 4.98 Å². The zero-order valence-corrected chi connectivity index (χ0v) is 15.2. The van der Waals surface area contributed by atoms with Crippen molar-refractivity contribution in [1.29, 1.82) is 0 Å². The van der Waals surface area contributed by atoms with E-state index in [9.17, 15) is 14.7 Å². The Hall–Kier alpha value is -3.09. The fraction of sp³-hybridized carbons (Fsp3) is 0.350. The van der Waals surface area contributed by atoms with Gasteiger partial charge < -0.3 is 19.5 Å². The van der Waals surface area contributed by atoms with Crippen LogP contribution in [0.1, 0.15) is 34.8 Å². The molecule has 3 heterocycles. The number of aromatic hydroxyl groups is 1. The molecule has 140 valence electrons. The number of rotatable bonds is 3. The van der Waals surface area contributed by atoms with Crippen molar-refractivity contribution in [2.45, 2.75) is 25.9 Å². The van der Waals surface area contributed by atoms with Crippen molar-refractivity contribution in [2.75, 3.05) is 19.6 Å². The summed E-state index contributed by atoms with van der Waals surface area (Å²) in [5.74, 6) is 0.797. The lowest BCUT2D eigenvalue weighted by Gasteiger charge is -2.33. The summed E-state index contributed by atoms with van der Waals surface area (Å²) in [7, 11) is 0. The van der Waals surface area contributed by atoms with Crippen LogP contribution in [0.25, 0.3) is 0 Å². The van der Waals surface area contributed by atoms with Gasteiger partial charge in [0, 0.05) is 37.9 Å². The van der Waals surface area contributed by atoms with Crippen LogP contribution in [0.3, 0.4) is 0 Å². The molecule has 2 aliphatic rings. The second kappa shape index (κ2) is 6.90. The summed E-state index contributed by atoms with van der Waals surface area (Å²) in [5.41, 5.74) is 1.19. The molecule has 2 aliphatic heterocycles. The third-order valence-electron chi connectivity index (χ3n) is 5.14. The van der Waals surface area contributed by atoms with E-state index in [2.05, 4.69) is 4.98 Å². The van der Waals surface area contributed by atoms with Gasteiger partial charge in [0.1, 0.15) is 11.6 Å². The number of nitrogens with zero attached hydrogens (tertiary/aromatic N) is 4. The molecule has 0 saturated heterocycles. The molecule has 0 radical (unpaired) electrons. The van der Waals surface area contributed by atoms with Crippen LogP contribution >= 0.6 is 0 Å². The van der Waals surface area contributed by atoms with Gasteiger partial charge in [-0.15, -0.1) is 0 Å². The molecule has 1 atom stereocenters. The van der Waals surface area contributed by atoms with E-state index in [1.807, 2.05) is 29.8 Å². The molecule has 1 N–H and O–H groups in total. The van der Waals surface area contributed by atoms with Crippen LogP contribution in [-0.4, -0.2) is 55.9 Å². The highest BCUT2D eigenvalue weighted by Crippen LogP contribution is 2.27. The molecule has 0 bridgehead atoms. The molecule has 7 nitrogen and oxygen atoms in total. The molecule has 0 fully saturated rings. The second-order valence-electron chi connectivity index (χ2n) is 6.96. The number of carbonyl (C=O) groups is 2. The van der Waals surface area contributed by atoms with Gasteiger partial charge in [0.05, 0.1) is 18.2 Å². The Morgan fingerprint density at radius 2 is 2.00 bits per heavy atom. The fourth-order valence-electron chi connectivity index (χ4n) is 3.66. The molecule has 4 rings (SSSR count). The fourth-order valence-corrected chi connectivity index (χ4v) is 3.66. The molecule has 7 heteroatoms. The first kappa shape index (κ1) is 17.3. The van der Waals surface area contributed by atoms with E-state index in [0.717, 1.165) is 11.5 Å². The quantitative estimate of drug-likeness (QED) is 0.840. The summed E-state index contributed by atoms with van der Waals surface area (Å²) in [5, 5.41) is 9.63. The summed E-state index contributed by atoms with van der Waals surface area (Å²) >= 11 is 0. The van der Waals surface area contributed by atoms with Crippen LogP contribution in [0.5, 0.6) is 5.75 Å². The molecule has 1 aromatic carbocycles. The number of aromatic nitrogens is 2. The lowest BCUT2D eigenvalue weighted by atomic mass is 10.1. The van der Waals surface area contributed by atoms with Gasteiger partial charge in [0.25, 0.3) is 5.91 Å². The number of phenols is 1. The number of imidazole rings is 1. The predicted octanol–water partition coefficient (Wildman–Crippen LogP) is 1.75. The largest absolute Gasteiger partial charge is 0.508 e. The standard InChI is InChI=1S/C20H22N4O3/c1-14-19-21-16(12-18(26)22-7-2-3-8-22)13-23(19)9-10-24(14)20(27)15-5-4-6-17(25)11-15/h2-6,11,13-14,25H,7-10,12H2,1H3. The van der Waals surface area contributed by atoms with Gasteiger partial charge in [-0.1, -0.05) is 18.2 Å². The van der Waals surface area contributed by atoms with Crippen LogP contribution in [0.4, 0.5) is 0 Å². The molecule has 1 aromatic heterocycles. The summed E-state index contributed by atoms with van der Waals surface area (Å²) < 4.78 is 2.03. The highest BCUT2D eigenvalue weighted by atomic mass is 16.3. The van der Waals surface area contributed by atoms with Crippen molar-refractivity contribution in [3.05, 3.63) is 59.7 Å². The van der Waals surface area contributed by atoms with Crippen molar-refractivity contribution in [1.82, 2.24) is 19.4 Å². The van der Waals surface area contributed by atoms with Crippen LogP contribution in [0, 0.1) is 0 Å². The smallest absolute Gasteiger partial charge is 0.254 e. The number of carbonyl (C=O) groups excluding carboxylic acids is 2. The van der Waals surface area contributed by atoms with Crippen molar-refractivity contribution in [3.63, 3.8) is 0 Å². The van der Waals surface area contributed by atoms with E-state index < -0.39 is 0 Å². The highest BCUT2D eigenvalue weighted by molar-refractivity contribution is 5.94. The number of hydrogen-bond donors (Lipinski definition) is 1. The Morgan fingerprint density at radius 3 is 2.74 bits per heavy atom. The SMILES string of the molecule is CC1c2nc(CC(=O)N3CC=CC3)cn2CCN1C(=O)c1cccc(O)c1. The molecule has 27 heavy (non-hydrogen) atoms. The van der Waals surface area contributed by atoms with Crippen molar-refractivity contribution in [2.24, 2.45) is 0 Å². The number of fused-ring (bicyclic) bond motifs is 1. The topological polar surface area (TPSA) is 78.7 Å². The minimum Gasteiger partial charge on any atom is -0.508 e. The predicted molar refractivity (Wildman–Crippen MR) is 99.2 cm³/mol. The van der Waals surface area contributed by atoms with E-state index in [1.54, 1.807) is 28.0 Å². The van der Waals surface area contributed by atoms with Gasteiger partial charge in [0.2, 0.25) is 5.91 Å². The van der Waals surface area contributed by atoms with Crippen LogP contribution < -0.4 is 0 Å². The number of hydrogen-bond acceptors (Lipinski definition) is 4. The average molecular weight is 366 g/mol. The number of benzene rings is 1. The summed E-state index contributed by atoms with van der Waals surface area (Å²) in [6, 6.07) is 6.18. The van der Waals surface area contributed by atoms with Crippen LogP contribution in [0.2, 0.25) is 0 Å². The molecule has 0 saturated carbocycles. The lowest BCUT2D eigenvalue weighted by Crippen LogP contribution is -2.41. The Labute approximate surface area is 157 Å². The van der Waals surface area contributed by atoms with E-state index in [0.29, 0.717) is 31.7 Å². The summed E-state index contributed by atoms with van der Waals surface area (Å²) in [6.45, 7) is 4.46. The molecule has 0 spiro atoms. The number of phenolic OH excluding ortho intramolecular Hbond substituents is 1. The molecule has 0 aliphatic carbocycles. The Morgan fingerprint density at radius 1 is 1.22 bits per heavy atom. The monoisotopic (exact) mass is 366 g/mol. The number of amides is 2. The maximum absolute atomic E-state index is 12.8. The third-order valence-corrected chi connectivity index (χ3v) is 5.14. The molecular formula is C20H22N4O3. The zero-order valence-electron chi connectivity index (χ0n) is 15.2. The summed E-state index contributed by atoms with van der Waals surface area (Å²) in [6.07, 6.45) is 6.17. The lowest BCUT2D eigenvalue weighted by molar-refractivity contribution is -0.129. The molecule has 2 amide bonds. The third kappa shape index (κ3) is 3.32. The second-order valence-corrected chi connectivity index (χ2v) is 6.96. The van der Waals surface area contributed by atoms with Gasteiger partial charge in [-0.2, -0.15) is 0 Å². The van der Waals surface area contributed by atoms with Gasteiger partial charge >= 0.3 is 0 Å². The Kier molecular flexibility index (Phi) is 4.43. The van der Waals surface area contributed by atoms with E-state index in [4.69, 9.17) is 0 Å². The maximum Gasteiger partial charge on any atom is 0.254 e. The first-order valence-electron chi connectivity index (χ1n) is 9.11. The highest BCUT2D eigenvalue weighted by Gasteiger charge is 2.31. The van der Waals surface area contributed by atoms with E-state index in [1.165, 1.54) is 6.07 Å². The van der Waals surface area contributed by atoms with Crippen LogP contribution in [0.15, 0.2) is 42.6 Å². The molecule has 2 aromatic rings. The Bertz CT molecular complexity index is 910. The normalized spacial score (nSPS) is 18.6.